The molecule has 0 spiro atoms. The van der Waals surface area contributed by atoms with Gasteiger partial charge in [-0.25, -0.2) is 9.48 Å². The Morgan fingerprint density at radius 2 is 1.76 bits per heavy atom. The summed E-state index contributed by atoms with van der Waals surface area (Å²) in [6.45, 7) is 3.23. The van der Waals surface area contributed by atoms with E-state index >= 15 is 0 Å². The van der Waals surface area contributed by atoms with Gasteiger partial charge in [0.05, 0.1) is 7.11 Å². The molecular weight excluding hydrogens is 462 g/mol. The second-order valence-electron chi connectivity index (χ2n) is 6.81. The summed E-state index contributed by atoms with van der Waals surface area (Å²) >= 11 is 5.67. The summed E-state index contributed by atoms with van der Waals surface area (Å²) in [5.74, 6) is 2.97. The Labute approximate surface area is 194 Å². The first-order chi connectivity index (χ1) is 15.7. The number of ether oxygens (including phenoxy) is 5. The minimum Gasteiger partial charge on any atom is -0.463 e. The molecule has 0 radical (unpaired) electrons. The van der Waals surface area contributed by atoms with Crippen molar-refractivity contribution in [3.05, 3.63) is 11.6 Å². The maximum Gasteiger partial charge on any atom is 0.378 e. The lowest BCUT2D eigenvalue weighted by atomic mass is 10.1. The number of alkyl halides is 1. The van der Waals surface area contributed by atoms with E-state index in [2.05, 4.69) is 26.7 Å². The highest BCUT2D eigenvalue weighted by atomic mass is 35.5. The Bertz CT molecular complexity index is 952. The molecule has 180 valence electrons. The predicted molar refractivity (Wildman–Crippen MR) is 110 cm³/mol. The maximum atomic E-state index is 12.0. The molecule has 0 amide bonds. The quantitative estimate of drug-likeness (QED) is 0.169. The van der Waals surface area contributed by atoms with Gasteiger partial charge in [-0.15, -0.1) is 16.7 Å². The van der Waals surface area contributed by atoms with Crippen molar-refractivity contribution in [2.45, 2.75) is 58.2 Å². The Morgan fingerprint density at radius 1 is 1.09 bits per heavy atom. The first kappa shape index (κ1) is 26.1. The molecule has 0 aliphatic carbocycles. The third kappa shape index (κ3) is 7.16. The van der Waals surface area contributed by atoms with Crippen molar-refractivity contribution in [2.75, 3.05) is 19.6 Å². The fraction of sp³-hybridized carbons (Fsp3) is 0.600. The first-order valence-corrected chi connectivity index (χ1v) is 10.4. The predicted octanol–water partition coefficient (Wildman–Crippen LogP) is 0.759. The van der Waals surface area contributed by atoms with Crippen LogP contribution in [0.25, 0.3) is 0 Å². The van der Waals surface area contributed by atoms with Gasteiger partial charge in [0.15, 0.2) is 18.4 Å². The molecule has 0 unspecified atom stereocenters. The lowest BCUT2D eigenvalue weighted by Crippen LogP contribution is -2.40. The number of methoxy groups -OCH3 is 1. The summed E-state index contributed by atoms with van der Waals surface area (Å²) in [4.78, 5) is 50.9. The van der Waals surface area contributed by atoms with Crippen molar-refractivity contribution >= 4 is 35.5 Å². The average molecular weight is 486 g/mol. The monoisotopic (exact) mass is 485 g/mol. The zero-order valence-corrected chi connectivity index (χ0v) is 19.3. The molecule has 0 aromatic carbocycles. The van der Waals surface area contributed by atoms with E-state index in [0.717, 1.165) is 18.7 Å². The van der Waals surface area contributed by atoms with E-state index in [1.165, 1.54) is 13.8 Å². The average Bonchev–Trinajstić information content (AvgIpc) is 3.30. The number of rotatable bonds is 8. The number of halogens is 1. The molecule has 1 saturated heterocycles. The minimum absolute atomic E-state index is 0.0156. The third-order valence-electron chi connectivity index (χ3n) is 4.22. The molecule has 1 aromatic heterocycles. The summed E-state index contributed by atoms with van der Waals surface area (Å²) in [6.07, 6.45) is -3.48. The smallest absolute Gasteiger partial charge is 0.378 e. The van der Waals surface area contributed by atoms with Gasteiger partial charge >= 0.3 is 23.9 Å². The maximum absolute atomic E-state index is 12.0. The number of hydrogen-bond acceptors (Lipinski definition) is 11. The van der Waals surface area contributed by atoms with Crippen LogP contribution in [0, 0.1) is 11.8 Å². The van der Waals surface area contributed by atoms with Crippen molar-refractivity contribution in [3.8, 4) is 11.8 Å². The van der Waals surface area contributed by atoms with Crippen molar-refractivity contribution in [1.82, 2.24) is 14.8 Å². The van der Waals surface area contributed by atoms with Gasteiger partial charge in [-0.3, -0.25) is 14.4 Å². The zero-order valence-electron chi connectivity index (χ0n) is 18.5. The lowest BCUT2D eigenvalue weighted by molar-refractivity contribution is -0.166. The number of esters is 4. The van der Waals surface area contributed by atoms with Crippen LogP contribution in [-0.2, 0) is 38.1 Å². The van der Waals surface area contributed by atoms with Gasteiger partial charge in [0.25, 0.3) is 5.82 Å². The van der Waals surface area contributed by atoms with Crippen LogP contribution in [0.15, 0.2) is 0 Å². The number of unbranched alkanes of at least 4 members (excludes halogenated alkanes) is 1. The first-order valence-electron chi connectivity index (χ1n) is 9.90. The van der Waals surface area contributed by atoms with Gasteiger partial charge in [-0.2, -0.15) is 4.98 Å². The Kier molecular flexibility index (Phi) is 9.62. The molecule has 1 aliphatic rings. The van der Waals surface area contributed by atoms with Crippen LogP contribution >= 0.6 is 11.6 Å². The number of nitrogens with zero attached hydrogens (tertiary/aromatic N) is 3. The summed E-state index contributed by atoms with van der Waals surface area (Å²) in [6, 6.07) is 0. The summed E-state index contributed by atoms with van der Waals surface area (Å²) in [7, 11) is 1.16. The number of carbonyl (C=O) groups is 4. The molecule has 13 heteroatoms. The van der Waals surface area contributed by atoms with Crippen LogP contribution < -0.4 is 0 Å². The van der Waals surface area contributed by atoms with Crippen molar-refractivity contribution in [1.29, 1.82) is 0 Å². The summed E-state index contributed by atoms with van der Waals surface area (Å²) in [5.41, 5.74) is 0. The van der Waals surface area contributed by atoms with Gasteiger partial charge in [0.1, 0.15) is 12.7 Å². The summed E-state index contributed by atoms with van der Waals surface area (Å²) in [5, 5.41) is 4.10. The van der Waals surface area contributed by atoms with Crippen LogP contribution in [0.3, 0.4) is 0 Å². The number of aromatic nitrogens is 3. The lowest BCUT2D eigenvalue weighted by Gasteiger charge is -2.23. The highest BCUT2D eigenvalue weighted by molar-refractivity contribution is 6.17. The van der Waals surface area contributed by atoms with Crippen molar-refractivity contribution < 1.29 is 42.9 Å². The molecule has 0 saturated carbocycles. The molecule has 2 heterocycles. The molecule has 4 atom stereocenters. The van der Waals surface area contributed by atoms with Crippen molar-refractivity contribution in [2.24, 2.45) is 0 Å². The molecule has 1 aromatic rings. The van der Waals surface area contributed by atoms with E-state index in [4.69, 9.17) is 30.5 Å². The second kappa shape index (κ2) is 12.2. The Balaban J connectivity index is 2.51. The van der Waals surface area contributed by atoms with Crippen LogP contribution in [0.2, 0.25) is 0 Å². The largest absolute Gasteiger partial charge is 0.463 e. The van der Waals surface area contributed by atoms with E-state index in [-0.39, 0.29) is 18.3 Å². The van der Waals surface area contributed by atoms with Crippen LogP contribution in [0.5, 0.6) is 0 Å². The Morgan fingerprint density at radius 3 is 2.33 bits per heavy atom. The van der Waals surface area contributed by atoms with Crippen LogP contribution in [0.4, 0.5) is 0 Å². The standard InChI is InChI=1S/C20H24ClN3O9/c1-11(25)30-10-14-16(31-12(2)26)17(32-13(3)27)19(33-14)24-15(8-6-5-7-9-21)22-18(23-24)20(28)29-4/h14,16-17,19H,5,7,9-10H2,1-4H3/t14-,16-,17-,19-/m1/s1. The van der Waals surface area contributed by atoms with E-state index < -0.39 is 48.4 Å². The van der Waals surface area contributed by atoms with Crippen LogP contribution in [-0.4, -0.2) is 76.6 Å². The SMILES string of the molecule is COC(=O)c1nc(C#CCCCCl)n([C@@H]2O[C@H](COC(C)=O)[C@@H](OC(C)=O)[C@H]2OC(C)=O)n1. The van der Waals surface area contributed by atoms with Gasteiger partial charge in [-0.05, 0) is 12.3 Å². The van der Waals surface area contributed by atoms with Crippen LogP contribution in [0.1, 0.15) is 56.3 Å². The molecule has 2 rings (SSSR count). The molecular formula is C20H24ClN3O9. The molecule has 12 nitrogen and oxygen atoms in total. The Hall–Kier alpha value is -3.17. The van der Waals surface area contributed by atoms with E-state index in [1.807, 2.05) is 0 Å². The van der Waals surface area contributed by atoms with Gasteiger partial charge in [0, 0.05) is 33.1 Å². The normalized spacial score (nSPS) is 21.5. The van der Waals surface area contributed by atoms with Gasteiger partial charge in [0.2, 0.25) is 5.82 Å². The zero-order chi connectivity index (χ0) is 24.5. The second-order valence-corrected chi connectivity index (χ2v) is 7.18. The van der Waals surface area contributed by atoms with E-state index in [9.17, 15) is 19.2 Å². The minimum atomic E-state index is -1.21. The molecule has 0 N–H and O–H groups in total. The highest BCUT2D eigenvalue weighted by Gasteiger charge is 2.51. The fourth-order valence-corrected chi connectivity index (χ4v) is 3.08. The fourth-order valence-electron chi connectivity index (χ4n) is 2.95. The number of hydrogen-bond donors (Lipinski definition) is 0. The van der Waals surface area contributed by atoms with Gasteiger partial charge in [-0.1, -0.05) is 5.92 Å². The van der Waals surface area contributed by atoms with Gasteiger partial charge < -0.3 is 23.7 Å². The molecule has 0 bridgehead atoms. The van der Waals surface area contributed by atoms with E-state index in [0.29, 0.717) is 18.7 Å². The summed E-state index contributed by atoms with van der Waals surface area (Å²) < 4.78 is 27.4. The highest BCUT2D eigenvalue weighted by Crippen LogP contribution is 2.34. The molecule has 1 aliphatic heterocycles. The molecule has 33 heavy (non-hydrogen) atoms. The van der Waals surface area contributed by atoms with Crippen molar-refractivity contribution in [3.63, 3.8) is 0 Å². The topological polar surface area (TPSA) is 145 Å². The number of carbonyl (C=O) groups excluding carboxylic acids is 4. The third-order valence-corrected chi connectivity index (χ3v) is 4.48. The molecule has 1 fully saturated rings. The van der Waals surface area contributed by atoms with E-state index in [1.54, 1.807) is 0 Å².